The first-order valence-electron chi connectivity index (χ1n) is 9.20. The van der Waals surface area contributed by atoms with Gasteiger partial charge >= 0.3 is 0 Å². The van der Waals surface area contributed by atoms with Crippen LogP contribution in [0.1, 0.15) is 21.5 Å². The van der Waals surface area contributed by atoms with Gasteiger partial charge in [-0.05, 0) is 37.3 Å². The SMILES string of the molecule is Cc1ccc(N2C(=O)c3ccccc3N[C@]23C(=O)N(C)c2ccccc23)cc1. The van der Waals surface area contributed by atoms with E-state index >= 15 is 0 Å². The Morgan fingerprint density at radius 1 is 0.857 bits per heavy atom. The van der Waals surface area contributed by atoms with Crippen LogP contribution in [-0.4, -0.2) is 18.9 Å². The van der Waals surface area contributed by atoms with E-state index < -0.39 is 5.66 Å². The van der Waals surface area contributed by atoms with Crippen molar-refractivity contribution in [2.75, 3.05) is 22.2 Å². The fourth-order valence-corrected chi connectivity index (χ4v) is 4.18. The molecular weight excluding hydrogens is 350 g/mol. The number of anilines is 3. The summed E-state index contributed by atoms with van der Waals surface area (Å²) in [5.41, 5.74) is 3.23. The molecule has 2 aliphatic heterocycles. The lowest BCUT2D eigenvalue weighted by Gasteiger charge is -2.44. The average molecular weight is 369 g/mol. The Bertz CT molecular complexity index is 1120. The van der Waals surface area contributed by atoms with E-state index in [2.05, 4.69) is 5.32 Å². The molecule has 2 aliphatic rings. The third-order valence-corrected chi connectivity index (χ3v) is 5.57. The average Bonchev–Trinajstić information content (AvgIpc) is 2.92. The molecule has 0 saturated carbocycles. The van der Waals surface area contributed by atoms with E-state index in [9.17, 15) is 9.59 Å². The highest BCUT2D eigenvalue weighted by molar-refractivity contribution is 6.22. The lowest BCUT2D eigenvalue weighted by Crippen LogP contribution is -2.62. The molecule has 1 N–H and O–H groups in total. The second-order valence-corrected chi connectivity index (χ2v) is 7.24. The van der Waals surface area contributed by atoms with Gasteiger partial charge in [0.25, 0.3) is 11.8 Å². The molecule has 1 spiro atoms. The van der Waals surface area contributed by atoms with E-state index in [0.717, 1.165) is 16.8 Å². The molecular formula is C23H19N3O2. The number of carbonyl (C=O) groups is 2. The highest BCUT2D eigenvalue weighted by atomic mass is 16.2. The van der Waals surface area contributed by atoms with E-state index in [1.807, 2.05) is 73.7 Å². The molecule has 138 valence electrons. The monoisotopic (exact) mass is 369 g/mol. The molecule has 3 aromatic carbocycles. The molecule has 0 aliphatic carbocycles. The summed E-state index contributed by atoms with van der Waals surface area (Å²) < 4.78 is 0. The van der Waals surface area contributed by atoms with Crippen LogP contribution in [-0.2, 0) is 10.5 Å². The van der Waals surface area contributed by atoms with Crippen LogP contribution in [0, 0.1) is 6.92 Å². The summed E-state index contributed by atoms with van der Waals surface area (Å²) in [4.78, 5) is 30.5. The van der Waals surface area contributed by atoms with Crippen molar-refractivity contribution >= 4 is 28.9 Å². The normalized spacial score (nSPS) is 20.2. The quantitative estimate of drug-likeness (QED) is 0.708. The molecule has 2 heterocycles. The number of amides is 2. The van der Waals surface area contributed by atoms with Gasteiger partial charge in [-0.1, -0.05) is 48.0 Å². The van der Waals surface area contributed by atoms with Gasteiger partial charge in [0.15, 0.2) is 0 Å². The number of likely N-dealkylation sites (N-methyl/N-ethyl adjacent to an activating group) is 1. The van der Waals surface area contributed by atoms with E-state index in [-0.39, 0.29) is 11.8 Å². The number of nitrogens with zero attached hydrogens (tertiary/aromatic N) is 2. The number of nitrogens with one attached hydrogen (secondary N) is 1. The van der Waals surface area contributed by atoms with Crippen LogP contribution in [0.4, 0.5) is 17.1 Å². The van der Waals surface area contributed by atoms with Crippen molar-refractivity contribution in [3.8, 4) is 0 Å². The Hall–Kier alpha value is -3.60. The minimum atomic E-state index is -1.31. The van der Waals surface area contributed by atoms with E-state index in [0.29, 0.717) is 16.9 Å². The van der Waals surface area contributed by atoms with Gasteiger partial charge in [-0.2, -0.15) is 0 Å². The summed E-state index contributed by atoms with van der Waals surface area (Å²) in [5, 5.41) is 3.42. The Morgan fingerprint density at radius 3 is 2.32 bits per heavy atom. The molecule has 3 aromatic rings. The molecule has 5 heteroatoms. The zero-order valence-electron chi connectivity index (χ0n) is 15.6. The zero-order valence-corrected chi connectivity index (χ0v) is 15.6. The zero-order chi connectivity index (χ0) is 19.5. The Kier molecular flexibility index (Phi) is 3.37. The van der Waals surface area contributed by atoms with Gasteiger partial charge in [-0.25, -0.2) is 0 Å². The van der Waals surface area contributed by atoms with Crippen molar-refractivity contribution in [2.45, 2.75) is 12.6 Å². The topological polar surface area (TPSA) is 52.7 Å². The molecule has 0 fully saturated rings. The second kappa shape index (κ2) is 5.70. The van der Waals surface area contributed by atoms with Gasteiger partial charge in [0.05, 0.1) is 11.3 Å². The van der Waals surface area contributed by atoms with Crippen LogP contribution in [0.5, 0.6) is 0 Å². The smallest absolute Gasteiger partial charge is 0.278 e. The highest BCUT2D eigenvalue weighted by Gasteiger charge is 2.58. The minimum absolute atomic E-state index is 0.183. The van der Waals surface area contributed by atoms with Crippen LogP contribution in [0.25, 0.3) is 0 Å². The lowest BCUT2D eigenvalue weighted by molar-refractivity contribution is -0.121. The van der Waals surface area contributed by atoms with Gasteiger partial charge < -0.3 is 10.2 Å². The van der Waals surface area contributed by atoms with Gasteiger partial charge in [0.1, 0.15) is 0 Å². The van der Waals surface area contributed by atoms with Crippen molar-refractivity contribution in [1.82, 2.24) is 0 Å². The molecule has 0 aromatic heterocycles. The maximum Gasteiger partial charge on any atom is 0.278 e. The predicted molar refractivity (Wildman–Crippen MR) is 110 cm³/mol. The number of hydrogen-bond donors (Lipinski definition) is 1. The van der Waals surface area contributed by atoms with Gasteiger partial charge in [-0.3, -0.25) is 14.5 Å². The molecule has 1 atom stereocenters. The predicted octanol–water partition coefficient (Wildman–Crippen LogP) is 3.90. The molecule has 0 saturated heterocycles. The Labute approximate surface area is 163 Å². The number of hydrogen-bond acceptors (Lipinski definition) is 3. The van der Waals surface area contributed by atoms with Crippen LogP contribution < -0.4 is 15.1 Å². The molecule has 2 amide bonds. The van der Waals surface area contributed by atoms with Crippen molar-refractivity contribution < 1.29 is 9.59 Å². The molecule has 5 rings (SSSR count). The van der Waals surface area contributed by atoms with Crippen LogP contribution >= 0.6 is 0 Å². The summed E-state index contributed by atoms with van der Waals surface area (Å²) in [6, 6.07) is 22.6. The van der Waals surface area contributed by atoms with Crippen molar-refractivity contribution in [2.24, 2.45) is 0 Å². The minimum Gasteiger partial charge on any atom is -0.350 e. The number of para-hydroxylation sites is 2. The number of aryl methyl sites for hydroxylation is 1. The van der Waals surface area contributed by atoms with Crippen LogP contribution in [0.15, 0.2) is 72.8 Å². The molecule has 5 nitrogen and oxygen atoms in total. The van der Waals surface area contributed by atoms with Gasteiger partial charge in [0.2, 0.25) is 5.66 Å². The van der Waals surface area contributed by atoms with E-state index in [4.69, 9.17) is 0 Å². The Morgan fingerprint density at radius 2 is 1.54 bits per heavy atom. The maximum absolute atomic E-state index is 13.6. The van der Waals surface area contributed by atoms with Crippen LogP contribution in [0.3, 0.4) is 0 Å². The van der Waals surface area contributed by atoms with E-state index in [1.54, 1.807) is 22.9 Å². The summed E-state index contributed by atoms with van der Waals surface area (Å²) in [6.45, 7) is 1.99. The number of rotatable bonds is 1. The van der Waals surface area contributed by atoms with Gasteiger partial charge in [0, 0.05) is 24.0 Å². The van der Waals surface area contributed by atoms with Crippen molar-refractivity contribution in [1.29, 1.82) is 0 Å². The second-order valence-electron chi connectivity index (χ2n) is 7.24. The summed E-state index contributed by atoms with van der Waals surface area (Å²) >= 11 is 0. The first kappa shape index (κ1) is 16.6. The molecule has 28 heavy (non-hydrogen) atoms. The summed E-state index contributed by atoms with van der Waals surface area (Å²) in [7, 11) is 1.75. The third-order valence-electron chi connectivity index (χ3n) is 5.57. The maximum atomic E-state index is 13.6. The number of benzene rings is 3. The first-order valence-corrected chi connectivity index (χ1v) is 9.20. The largest absolute Gasteiger partial charge is 0.350 e. The molecule has 0 radical (unpaired) electrons. The number of fused-ring (bicyclic) bond motifs is 3. The first-order chi connectivity index (χ1) is 13.5. The van der Waals surface area contributed by atoms with Gasteiger partial charge in [-0.15, -0.1) is 0 Å². The van der Waals surface area contributed by atoms with Crippen molar-refractivity contribution in [3.05, 3.63) is 89.5 Å². The Balaban J connectivity index is 1.83. The van der Waals surface area contributed by atoms with Crippen LogP contribution in [0.2, 0.25) is 0 Å². The molecule has 0 unspecified atom stereocenters. The summed E-state index contributed by atoms with van der Waals surface area (Å²) in [6.07, 6.45) is 0. The standard InChI is InChI=1S/C23H19N3O2/c1-15-11-13-16(14-12-15)26-21(27)17-7-3-5-9-19(17)24-23(26)18-8-4-6-10-20(18)25(2)22(23)28/h3-14,24H,1-2H3/t23-/m0/s1. The highest BCUT2D eigenvalue weighted by Crippen LogP contribution is 2.48. The summed E-state index contributed by atoms with van der Waals surface area (Å²) in [5.74, 6) is -0.381. The fourth-order valence-electron chi connectivity index (χ4n) is 4.18. The molecule has 0 bridgehead atoms. The van der Waals surface area contributed by atoms with E-state index in [1.165, 1.54) is 0 Å². The van der Waals surface area contributed by atoms with Crippen molar-refractivity contribution in [3.63, 3.8) is 0 Å². The lowest BCUT2D eigenvalue weighted by atomic mass is 9.92. The fraction of sp³-hybridized carbons (Fsp3) is 0.130. The third kappa shape index (κ3) is 2.01. The number of carbonyl (C=O) groups excluding carboxylic acids is 2.